The zero-order chi connectivity index (χ0) is 21.2. The standard InChI is InChI=1S/C18H16N4O5S2/c1-11-3-8-15(9-16(11)22(24)25)29(26,27)21-14-6-4-13(5-7-14)17(23)20-18-19-10-12(2)28-18/h3-10,21H,1-2H3,(H,19,20,23). The van der Waals surface area contributed by atoms with E-state index < -0.39 is 14.9 Å². The van der Waals surface area contributed by atoms with Gasteiger partial charge in [0.05, 0.1) is 9.82 Å². The van der Waals surface area contributed by atoms with Crippen LogP contribution in [0.3, 0.4) is 0 Å². The number of nitrogens with zero attached hydrogens (tertiary/aromatic N) is 2. The maximum absolute atomic E-state index is 12.5. The minimum Gasteiger partial charge on any atom is -0.298 e. The lowest BCUT2D eigenvalue weighted by molar-refractivity contribution is -0.385. The largest absolute Gasteiger partial charge is 0.298 e. The summed E-state index contributed by atoms with van der Waals surface area (Å²) in [4.78, 5) is 27.4. The second kappa shape index (κ2) is 7.97. The van der Waals surface area contributed by atoms with Crippen LogP contribution in [0.5, 0.6) is 0 Å². The molecule has 9 nitrogen and oxygen atoms in total. The Morgan fingerprint density at radius 1 is 1.14 bits per heavy atom. The number of thiazole rings is 1. The number of aromatic nitrogens is 1. The second-order valence-electron chi connectivity index (χ2n) is 6.12. The monoisotopic (exact) mass is 432 g/mol. The van der Waals surface area contributed by atoms with Crippen molar-refractivity contribution in [3.05, 3.63) is 74.8 Å². The van der Waals surface area contributed by atoms with Crippen molar-refractivity contribution in [2.75, 3.05) is 10.0 Å². The molecule has 29 heavy (non-hydrogen) atoms. The first-order chi connectivity index (χ1) is 13.7. The molecule has 0 fully saturated rings. The van der Waals surface area contributed by atoms with Gasteiger partial charge in [-0.15, -0.1) is 11.3 Å². The highest BCUT2D eigenvalue weighted by atomic mass is 32.2. The molecule has 3 aromatic rings. The number of nitro groups is 1. The molecule has 2 aromatic carbocycles. The number of benzene rings is 2. The van der Waals surface area contributed by atoms with Gasteiger partial charge < -0.3 is 0 Å². The Morgan fingerprint density at radius 2 is 1.83 bits per heavy atom. The minimum absolute atomic E-state index is 0.217. The summed E-state index contributed by atoms with van der Waals surface area (Å²) in [6.07, 6.45) is 1.65. The number of anilines is 2. The van der Waals surface area contributed by atoms with Crippen LogP contribution >= 0.6 is 11.3 Å². The molecular weight excluding hydrogens is 416 g/mol. The molecule has 0 radical (unpaired) electrons. The predicted molar refractivity (Wildman–Crippen MR) is 110 cm³/mol. The Bertz CT molecular complexity index is 1190. The molecular formula is C18H16N4O5S2. The molecule has 0 aliphatic carbocycles. The summed E-state index contributed by atoms with van der Waals surface area (Å²) in [5.41, 5.74) is 0.624. The molecule has 0 spiro atoms. The average molecular weight is 432 g/mol. The molecule has 1 heterocycles. The van der Waals surface area contributed by atoms with E-state index in [9.17, 15) is 23.3 Å². The number of nitrogens with one attached hydrogen (secondary N) is 2. The molecule has 150 valence electrons. The molecule has 0 unspecified atom stereocenters. The van der Waals surface area contributed by atoms with E-state index in [0.29, 0.717) is 16.3 Å². The quantitative estimate of drug-likeness (QED) is 0.451. The fourth-order valence-corrected chi connectivity index (χ4v) is 4.18. The lowest BCUT2D eigenvalue weighted by atomic mass is 10.2. The van der Waals surface area contributed by atoms with Gasteiger partial charge in [-0.1, -0.05) is 6.07 Å². The van der Waals surface area contributed by atoms with Crippen molar-refractivity contribution in [1.29, 1.82) is 0 Å². The summed E-state index contributed by atoms with van der Waals surface area (Å²) in [5.74, 6) is -0.372. The zero-order valence-corrected chi connectivity index (χ0v) is 17.0. The zero-order valence-electron chi connectivity index (χ0n) is 15.4. The Balaban J connectivity index is 1.75. The lowest BCUT2D eigenvalue weighted by Crippen LogP contribution is -2.14. The Morgan fingerprint density at radius 3 is 2.41 bits per heavy atom. The maximum atomic E-state index is 12.5. The third kappa shape index (κ3) is 4.76. The first-order valence-electron chi connectivity index (χ1n) is 8.27. The fraction of sp³-hybridized carbons (Fsp3) is 0.111. The van der Waals surface area contributed by atoms with Crippen molar-refractivity contribution in [3.63, 3.8) is 0 Å². The normalized spacial score (nSPS) is 11.1. The van der Waals surface area contributed by atoms with Gasteiger partial charge >= 0.3 is 0 Å². The van der Waals surface area contributed by atoms with Crippen LogP contribution in [0, 0.1) is 24.0 Å². The number of sulfonamides is 1. The smallest absolute Gasteiger partial charge is 0.273 e. The molecule has 0 bridgehead atoms. The summed E-state index contributed by atoms with van der Waals surface area (Å²) in [6, 6.07) is 9.47. The van der Waals surface area contributed by atoms with E-state index in [0.717, 1.165) is 10.9 Å². The van der Waals surface area contributed by atoms with Crippen LogP contribution in [0.4, 0.5) is 16.5 Å². The maximum Gasteiger partial charge on any atom is 0.273 e. The van der Waals surface area contributed by atoms with Gasteiger partial charge in [-0.25, -0.2) is 13.4 Å². The predicted octanol–water partition coefficient (Wildman–Crippen LogP) is 3.72. The summed E-state index contributed by atoms with van der Waals surface area (Å²) in [5, 5.41) is 14.2. The SMILES string of the molecule is Cc1cnc(NC(=O)c2ccc(NS(=O)(=O)c3ccc(C)c([N+](=O)[O-])c3)cc2)s1. The highest BCUT2D eigenvalue weighted by Crippen LogP contribution is 2.24. The average Bonchev–Trinajstić information content (AvgIpc) is 3.06. The Labute approximate surface area is 170 Å². The van der Waals surface area contributed by atoms with E-state index in [2.05, 4.69) is 15.0 Å². The number of hydrogen-bond donors (Lipinski definition) is 2. The molecule has 0 aliphatic heterocycles. The highest BCUT2D eigenvalue weighted by Gasteiger charge is 2.20. The molecule has 0 aliphatic rings. The summed E-state index contributed by atoms with van der Waals surface area (Å²) >= 11 is 1.34. The topological polar surface area (TPSA) is 131 Å². The number of carbonyl (C=O) groups is 1. The molecule has 11 heteroatoms. The van der Waals surface area contributed by atoms with Crippen molar-refractivity contribution in [1.82, 2.24) is 4.98 Å². The van der Waals surface area contributed by atoms with E-state index in [1.165, 1.54) is 54.7 Å². The van der Waals surface area contributed by atoms with Crippen LogP contribution < -0.4 is 10.0 Å². The van der Waals surface area contributed by atoms with Gasteiger partial charge in [0.1, 0.15) is 0 Å². The molecule has 1 aromatic heterocycles. The lowest BCUT2D eigenvalue weighted by Gasteiger charge is -2.09. The minimum atomic E-state index is -4.03. The van der Waals surface area contributed by atoms with Gasteiger partial charge in [-0.2, -0.15) is 0 Å². The molecule has 2 N–H and O–H groups in total. The van der Waals surface area contributed by atoms with Crippen LogP contribution in [-0.2, 0) is 10.0 Å². The molecule has 0 saturated heterocycles. The second-order valence-corrected chi connectivity index (χ2v) is 9.04. The summed E-state index contributed by atoms with van der Waals surface area (Å²) in [6.45, 7) is 3.40. The number of amides is 1. The van der Waals surface area contributed by atoms with Crippen LogP contribution in [0.1, 0.15) is 20.8 Å². The van der Waals surface area contributed by atoms with Crippen molar-refractivity contribution in [3.8, 4) is 0 Å². The van der Waals surface area contributed by atoms with Crippen LogP contribution in [-0.4, -0.2) is 24.2 Å². The van der Waals surface area contributed by atoms with E-state index in [1.54, 1.807) is 6.20 Å². The van der Waals surface area contributed by atoms with Gasteiger partial charge in [0.15, 0.2) is 5.13 Å². The molecule has 0 saturated carbocycles. The van der Waals surface area contributed by atoms with Crippen LogP contribution in [0.2, 0.25) is 0 Å². The van der Waals surface area contributed by atoms with Crippen molar-refractivity contribution < 1.29 is 18.1 Å². The molecule has 1 amide bonds. The van der Waals surface area contributed by atoms with Crippen LogP contribution in [0.15, 0.2) is 53.6 Å². The number of rotatable bonds is 6. The highest BCUT2D eigenvalue weighted by molar-refractivity contribution is 7.92. The van der Waals surface area contributed by atoms with Crippen molar-refractivity contribution in [2.24, 2.45) is 0 Å². The number of hydrogen-bond acceptors (Lipinski definition) is 7. The first-order valence-corrected chi connectivity index (χ1v) is 10.6. The fourth-order valence-electron chi connectivity index (χ4n) is 2.44. The Kier molecular flexibility index (Phi) is 5.62. The van der Waals surface area contributed by atoms with Gasteiger partial charge in [0.2, 0.25) is 0 Å². The third-order valence-corrected chi connectivity index (χ3v) is 6.14. The molecule has 3 rings (SSSR count). The Hall–Kier alpha value is -3.31. The van der Waals surface area contributed by atoms with Gasteiger partial charge in [-0.05, 0) is 44.2 Å². The van der Waals surface area contributed by atoms with Gasteiger partial charge in [0.25, 0.3) is 21.6 Å². The van der Waals surface area contributed by atoms with E-state index in [4.69, 9.17) is 0 Å². The van der Waals surface area contributed by atoms with E-state index >= 15 is 0 Å². The number of nitro benzene ring substituents is 1. The van der Waals surface area contributed by atoms with Crippen molar-refractivity contribution >= 4 is 43.8 Å². The number of carbonyl (C=O) groups excluding carboxylic acids is 1. The van der Waals surface area contributed by atoms with E-state index in [-0.39, 0.29) is 22.2 Å². The van der Waals surface area contributed by atoms with Crippen LogP contribution in [0.25, 0.3) is 0 Å². The third-order valence-electron chi connectivity index (χ3n) is 3.93. The van der Waals surface area contributed by atoms with Gasteiger partial charge in [-0.3, -0.25) is 24.9 Å². The number of aryl methyl sites for hydroxylation is 2. The van der Waals surface area contributed by atoms with Crippen molar-refractivity contribution in [2.45, 2.75) is 18.7 Å². The first kappa shape index (κ1) is 20.4. The van der Waals surface area contributed by atoms with Gasteiger partial charge in [0, 0.05) is 34.0 Å². The summed E-state index contributed by atoms with van der Waals surface area (Å²) < 4.78 is 27.4. The summed E-state index contributed by atoms with van der Waals surface area (Å²) in [7, 11) is -4.03. The van der Waals surface area contributed by atoms with E-state index in [1.807, 2.05) is 6.92 Å². The molecule has 0 atom stereocenters.